The summed E-state index contributed by atoms with van der Waals surface area (Å²) in [5.74, 6) is 1.46. The van der Waals surface area contributed by atoms with E-state index in [1.54, 1.807) is 0 Å². The molecule has 4 rings (SSSR count). The third-order valence-corrected chi connectivity index (χ3v) is 5.37. The Hall–Kier alpha value is -2.86. The Morgan fingerprint density at radius 3 is 2.70 bits per heavy atom. The van der Waals surface area contributed by atoms with Crippen molar-refractivity contribution in [3.63, 3.8) is 0 Å². The molecule has 0 amide bonds. The Morgan fingerprint density at radius 2 is 2.04 bits per heavy atom. The summed E-state index contributed by atoms with van der Waals surface area (Å²) in [6, 6.07) is 6.88. The Morgan fingerprint density at radius 1 is 1.26 bits per heavy atom. The Labute approximate surface area is 157 Å². The largest absolute Gasteiger partial charge is 0.493 e. The number of nitriles is 1. The highest BCUT2D eigenvalue weighted by molar-refractivity contribution is 5.55. The fourth-order valence-corrected chi connectivity index (χ4v) is 4.30. The fraction of sp³-hybridized carbons (Fsp3) is 0.556. The predicted molar refractivity (Wildman–Crippen MR) is 101 cm³/mol. The first-order valence-electron chi connectivity index (χ1n) is 9.37. The summed E-state index contributed by atoms with van der Waals surface area (Å²) in [5, 5.41) is 32.3. The fourth-order valence-electron chi connectivity index (χ4n) is 4.30. The molecule has 2 saturated heterocycles. The first kappa shape index (κ1) is 17.5. The van der Waals surface area contributed by atoms with Gasteiger partial charge < -0.3 is 15.7 Å². The molecular formula is C18H24N8O. The Bertz CT molecular complexity index is 830. The van der Waals surface area contributed by atoms with E-state index in [4.69, 9.17) is 5.26 Å². The predicted octanol–water partition coefficient (Wildman–Crippen LogP) is 2.28. The number of hydrogen-bond acceptors (Lipinski definition) is 8. The van der Waals surface area contributed by atoms with E-state index in [1.165, 1.54) is 18.9 Å². The number of anilines is 3. The molecule has 2 aliphatic rings. The minimum Gasteiger partial charge on any atom is -0.493 e. The summed E-state index contributed by atoms with van der Waals surface area (Å²) in [6.45, 7) is 2.78. The van der Waals surface area contributed by atoms with Crippen LogP contribution in [0.25, 0.3) is 0 Å². The lowest BCUT2D eigenvalue weighted by Gasteiger charge is -2.38. The van der Waals surface area contributed by atoms with Crippen LogP contribution in [0.4, 0.5) is 17.6 Å². The molecule has 2 aromatic rings. The number of H-pyrrole nitrogens is 1. The molecule has 142 valence electrons. The number of fused-ring (bicyclic) bond motifs is 2. The lowest BCUT2D eigenvalue weighted by molar-refractivity contribution is 0.135. The number of aromatic amines is 1. The number of piperidine rings is 1. The second kappa shape index (κ2) is 7.40. The molecule has 2 fully saturated rings. The summed E-state index contributed by atoms with van der Waals surface area (Å²) in [4.78, 5) is 11.1. The zero-order chi connectivity index (χ0) is 18.8. The lowest BCUT2D eigenvalue weighted by Crippen LogP contribution is -2.47. The number of hydrogen-bond donors (Lipinski definition) is 4. The van der Waals surface area contributed by atoms with Crippen molar-refractivity contribution in [2.75, 3.05) is 17.2 Å². The SMILES string of the molecule is Cc1cc(Nc2cc(O)nc(N[C@@H]3C[C@H]4CC[C@@H](C3)N4CCC#N)n2)n[nH]1. The maximum absolute atomic E-state index is 9.96. The molecule has 2 bridgehead atoms. The highest BCUT2D eigenvalue weighted by Crippen LogP contribution is 2.36. The summed E-state index contributed by atoms with van der Waals surface area (Å²) in [7, 11) is 0. The van der Waals surface area contributed by atoms with Gasteiger partial charge in [-0.15, -0.1) is 0 Å². The second-order valence-electron chi connectivity index (χ2n) is 7.34. The normalized spacial score (nSPS) is 24.5. The molecular weight excluding hydrogens is 344 g/mol. The van der Waals surface area contributed by atoms with Gasteiger partial charge in [-0.05, 0) is 32.6 Å². The number of aryl methyl sites for hydroxylation is 1. The minimum absolute atomic E-state index is 0.0864. The summed E-state index contributed by atoms with van der Waals surface area (Å²) < 4.78 is 0. The Kier molecular flexibility index (Phi) is 4.81. The van der Waals surface area contributed by atoms with Gasteiger partial charge in [0.25, 0.3) is 0 Å². The van der Waals surface area contributed by atoms with E-state index in [0.717, 1.165) is 25.1 Å². The van der Waals surface area contributed by atoms with Crippen LogP contribution in [0.15, 0.2) is 12.1 Å². The highest BCUT2D eigenvalue weighted by Gasteiger charge is 2.40. The Balaban J connectivity index is 1.42. The van der Waals surface area contributed by atoms with Crippen molar-refractivity contribution in [2.45, 2.75) is 57.2 Å². The summed E-state index contributed by atoms with van der Waals surface area (Å²) >= 11 is 0. The molecule has 0 aromatic carbocycles. The molecule has 0 radical (unpaired) electrons. The maximum atomic E-state index is 9.96. The van der Waals surface area contributed by atoms with E-state index in [0.29, 0.717) is 36.1 Å². The summed E-state index contributed by atoms with van der Waals surface area (Å²) in [5.41, 5.74) is 0.938. The monoisotopic (exact) mass is 368 g/mol. The number of nitrogens with zero attached hydrogens (tertiary/aromatic N) is 5. The molecule has 4 N–H and O–H groups in total. The molecule has 3 atom stereocenters. The first-order chi connectivity index (χ1) is 13.1. The van der Waals surface area contributed by atoms with Gasteiger partial charge in [0.2, 0.25) is 11.8 Å². The van der Waals surface area contributed by atoms with Crippen molar-refractivity contribution >= 4 is 17.6 Å². The van der Waals surface area contributed by atoms with Crippen molar-refractivity contribution in [3.05, 3.63) is 17.8 Å². The van der Waals surface area contributed by atoms with Crippen LogP contribution < -0.4 is 10.6 Å². The molecule has 2 aromatic heterocycles. The summed E-state index contributed by atoms with van der Waals surface area (Å²) in [6.07, 6.45) is 4.95. The van der Waals surface area contributed by atoms with Crippen LogP contribution >= 0.6 is 0 Å². The smallest absolute Gasteiger partial charge is 0.228 e. The van der Waals surface area contributed by atoms with Gasteiger partial charge in [-0.3, -0.25) is 10.00 Å². The first-order valence-corrected chi connectivity index (χ1v) is 9.37. The van der Waals surface area contributed by atoms with Crippen LogP contribution in [0.1, 0.15) is 37.8 Å². The molecule has 2 aliphatic heterocycles. The van der Waals surface area contributed by atoms with E-state index in [9.17, 15) is 5.11 Å². The maximum Gasteiger partial charge on any atom is 0.228 e. The molecule has 27 heavy (non-hydrogen) atoms. The van der Waals surface area contributed by atoms with E-state index in [2.05, 4.69) is 41.8 Å². The second-order valence-corrected chi connectivity index (χ2v) is 7.34. The lowest BCUT2D eigenvalue weighted by atomic mass is 9.97. The van der Waals surface area contributed by atoms with Crippen molar-refractivity contribution < 1.29 is 5.11 Å². The zero-order valence-electron chi connectivity index (χ0n) is 15.3. The molecule has 0 aliphatic carbocycles. The number of aromatic nitrogens is 4. The van der Waals surface area contributed by atoms with Crippen molar-refractivity contribution in [2.24, 2.45) is 0 Å². The van der Waals surface area contributed by atoms with Crippen LogP contribution in [0, 0.1) is 18.3 Å². The van der Waals surface area contributed by atoms with E-state index >= 15 is 0 Å². The third kappa shape index (κ3) is 3.95. The number of nitrogens with one attached hydrogen (secondary N) is 3. The van der Waals surface area contributed by atoms with Gasteiger partial charge in [-0.25, -0.2) is 0 Å². The third-order valence-electron chi connectivity index (χ3n) is 5.37. The van der Waals surface area contributed by atoms with E-state index in [1.807, 2.05) is 13.0 Å². The van der Waals surface area contributed by atoms with Gasteiger partial charge >= 0.3 is 0 Å². The van der Waals surface area contributed by atoms with Crippen LogP contribution in [0.5, 0.6) is 5.88 Å². The van der Waals surface area contributed by atoms with Gasteiger partial charge in [-0.2, -0.15) is 20.3 Å². The number of rotatable bonds is 6. The molecule has 0 unspecified atom stereocenters. The van der Waals surface area contributed by atoms with Crippen molar-refractivity contribution in [1.29, 1.82) is 5.26 Å². The molecule has 9 nitrogen and oxygen atoms in total. The van der Waals surface area contributed by atoms with Gasteiger partial charge in [0, 0.05) is 48.9 Å². The zero-order valence-corrected chi connectivity index (χ0v) is 15.3. The van der Waals surface area contributed by atoms with Gasteiger partial charge in [0.1, 0.15) is 5.82 Å². The van der Waals surface area contributed by atoms with Gasteiger partial charge in [-0.1, -0.05) is 0 Å². The number of aromatic hydroxyl groups is 1. The van der Waals surface area contributed by atoms with Crippen LogP contribution in [0.3, 0.4) is 0 Å². The minimum atomic E-state index is -0.0864. The average Bonchev–Trinajstić information content (AvgIpc) is 3.12. The quantitative estimate of drug-likeness (QED) is 0.612. The van der Waals surface area contributed by atoms with E-state index < -0.39 is 0 Å². The molecule has 0 spiro atoms. The van der Waals surface area contributed by atoms with Crippen molar-refractivity contribution in [3.8, 4) is 11.9 Å². The molecule has 0 saturated carbocycles. The van der Waals surface area contributed by atoms with Crippen LogP contribution in [-0.2, 0) is 0 Å². The van der Waals surface area contributed by atoms with Crippen LogP contribution in [0.2, 0.25) is 0 Å². The van der Waals surface area contributed by atoms with Gasteiger partial charge in [0.05, 0.1) is 6.07 Å². The topological polar surface area (TPSA) is 126 Å². The van der Waals surface area contributed by atoms with E-state index in [-0.39, 0.29) is 11.9 Å². The van der Waals surface area contributed by atoms with Crippen LogP contribution in [-0.4, -0.2) is 54.8 Å². The highest BCUT2D eigenvalue weighted by atomic mass is 16.3. The van der Waals surface area contributed by atoms with Gasteiger partial charge in [0.15, 0.2) is 5.82 Å². The molecule has 4 heterocycles. The average molecular weight is 368 g/mol. The standard InChI is InChI=1S/C18H24N8O/c1-11-7-16(25-24-11)21-15-10-17(27)23-18(22-15)20-12-8-13-3-4-14(9-12)26(13)6-2-5-19/h7,10,12-14H,2-4,6,8-9H2,1H3,(H4,20,21,22,23,24,25,27)/t12-,13-,14+. The van der Waals surface area contributed by atoms with Crippen molar-refractivity contribution in [1.82, 2.24) is 25.1 Å². The molecule has 9 heteroatoms.